The first-order chi connectivity index (χ1) is 8.33. The van der Waals surface area contributed by atoms with Crippen molar-refractivity contribution in [3.63, 3.8) is 0 Å². The Kier molecular flexibility index (Phi) is 3.31. The Morgan fingerprint density at radius 3 is 2.44 bits per heavy atom. The molecule has 1 aliphatic carbocycles. The molecule has 1 fully saturated rings. The molecular weight excluding hydrogens is 248 g/mol. The molecule has 2 N–H and O–H groups in total. The smallest absolute Gasteiger partial charge is 0.328 e. The second-order valence-electron chi connectivity index (χ2n) is 4.72. The lowest BCUT2D eigenvalue weighted by Crippen LogP contribution is -2.35. The summed E-state index contributed by atoms with van der Waals surface area (Å²) in [7, 11) is 0. The van der Waals surface area contributed by atoms with Crippen LogP contribution < -0.4 is 5.73 Å². The number of pyridine rings is 1. The van der Waals surface area contributed by atoms with Gasteiger partial charge >= 0.3 is 6.18 Å². The van der Waals surface area contributed by atoms with E-state index >= 15 is 0 Å². The van der Waals surface area contributed by atoms with Crippen LogP contribution >= 0.6 is 0 Å². The quantitative estimate of drug-likeness (QED) is 0.789. The fourth-order valence-electron chi connectivity index (χ4n) is 2.37. The average molecular weight is 262 g/mol. The molecule has 18 heavy (non-hydrogen) atoms. The minimum atomic E-state index is -4.56. The van der Waals surface area contributed by atoms with Gasteiger partial charge in [-0.3, -0.25) is 4.98 Å². The minimum Gasteiger partial charge on any atom is -0.328 e. The number of alkyl halides is 4. The van der Waals surface area contributed by atoms with Gasteiger partial charge in [-0.25, -0.2) is 4.39 Å². The Labute approximate surface area is 102 Å². The van der Waals surface area contributed by atoms with Crippen molar-refractivity contribution in [2.45, 2.75) is 43.6 Å². The van der Waals surface area contributed by atoms with Crippen molar-refractivity contribution in [3.05, 3.63) is 29.6 Å². The van der Waals surface area contributed by atoms with Gasteiger partial charge in [-0.2, -0.15) is 13.2 Å². The molecule has 0 amide bonds. The summed E-state index contributed by atoms with van der Waals surface area (Å²) in [4.78, 5) is 3.63. The van der Waals surface area contributed by atoms with Gasteiger partial charge in [0.1, 0.15) is 5.67 Å². The molecule has 6 heteroatoms. The molecule has 2 rings (SSSR count). The van der Waals surface area contributed by atoms with E-state index in [-0.39, 0.29) is 24.4 Å². The fraction of sp³-hybridized carbons (Fsp3) is 0.583. The molecule has 0 aromatic carbocycles. The van der Waals surface area contributed by atoms with Crippen LogP contribution in [0.25, 0.3) is 0 Å². The van der Waals surface area contributed by atoms with Crippen LogP contribution in [0.1, 0.15) is 36.8 Å². The second-order valence-corrected chi connectivity index (χ2v) is 4.72. The Bertz CT molecular complexity index is 422. The van der Waals surface area contributed by atoms with Gasteiger partial charge in [0.15, 0.2) is 0 Å². The van der Waals surface area contributed by atoms with Crippen molar-refractivity contribution in [3.8, 4) is 0 Å². The summed E-state index contributed by atoms with van der Waals surface area (Å²) in [6.45, 7) is 0. The van der Waals surface area contributed by atoms with Crippen LogP contribution in [0.4, 0.5) is 17.6 Å². The third-order valence-corrected chi connectivity index (χ3v) is 3.43. The topological polar surface area (TPSA) is 38.9 Å². The number of rotatable bonds is 1. The van der Waals surface area contributed by atoms with Gasteiger partial charge in [-0.1, -0.05) is 0 Å². The lowest BCUT2D eigenvalue weighted by atomic mass is 9.78. The van der Waals surface area contributed by atoms with E-state index in [0.717, 1.165) is 18.5 Å². The van der Waals surface area contributed by atoms with Crippen LogP contribution in [0.5, 0.6) is 0 Å². The van der Waals surface area contributed by atoms with Gasteiger partial charge in [0.25, 0.3) is 0 Å². The molecular formula is C12H14F4N2. The van der Waals surface area contributed by atoms with Crippen LogP contribution in [0.15, 0.2) is 18.5 Å². The Morgan fingerprint density at radius 2 is 1.89 bits per heavy atom. The van der Waals surface area contributed by atoms with E-state index in [9.17, 15) is 17.6 Å². The van der Waals surface area contributed by atoms with Gasteiger partial charge in [0, 0.05) is 24.0 Å². The number of hydrogen-bond acceptors (Lipinski definition) is 2. The molecule has 1 aromatic heterocycles. The van der Waals surface area contributed by atoms with Gasteiger partial charge < -0.3 is 5.73 Å². The van der Waals surface area contributed by atoms with Crippen molar-refractivity contribution in [2.24, 2.45) is 5.73 Å². The maximum Gasteiger partial charge on any atom is 0.416 e. The number of aromatic nitrogens is 1. The van der Waals surface area contributed by atoms with E-state index in [1.54, 1.807) is 0 Å². The molecule has 1 aromatic rings. The third kappa shape index (κ3) is 2.48. The highest BCUT2D eigenvalue weighted by Crippen LogP contribution is 2.45. The molecule has 0 radical (unpaired) electrons. The summed E-state index contributed by atoms with van der Waals surface area (Å²) in [5.74, 6) is 0. The molecule has 1 aliphatic rings. The molecule has 1 saturated carbocycles. The predicted octanol–water partition coefficient (Wildman–Crippen LogP) is 3.17. The number of hydrogen-bond donors (Lipinski definition) is 1. The highest BCUT2D eigenvalue weighted by molar-refractivity contribution is 5.32. The lowest BCUT2D eigenvalue weighted by molar-refractivity contribution is -0.140. The minimum absolute atomic E-state index is 0.0168. The highest BCUT2D eigenvalue weighted by Gasteiger charge is 2.43. The SMILES string of the molecule is NC1CCC(F)(c2cnccc2C(F)(F)F)CC1. The van der Waals surface area contributed by atoms with E-state index in [1.165, 1.54) is 0 Å². The van der Waals surface area contributed by atoms with Crippen molar-refractivity contribution in [1.29, 1.82) is 0 Å². The summed E-state index contributed by atoms with van der Waals surface area (Å²) in [6, 6.07) is 0.699. The zero-order chi connectivity index (χ0) is 13.4. The number of nitrogens with two attached hydrogens (primary N) is 1. The summed E-state index contributed by atoms with van der Waals surface area (Å²) in [5, 5.41) is 0. The van der Waals surface area contributed by atoms with E-state index in [0.29, 0.717) is 12.8 Å². The van der Waals surface area contributed by atoms with Gasteiger partial charge in [-0.15, -0.1) is 0 Å². The molecule has 1 heterocycles. The largest absolute Gasteiger partial charge is 0.416 e. The van der Waals surface area contributed by atoms with E-state index in [2.05, 4.69) is 4.98 Å². The molecule has 0 spiro atoms. The number of halogens is 4. The van der Waals surface area contributed by atoms with Crippen molar-refractivity contribution < 1.29 is 17.6 Å². The first-order valence-electron chi connectivity index (χ1n) is 5.79. The lowest BCUT2D eigenvalue weighted by Gasteiger charge is -2.34. The van der Waals surface area contributed by atoms with Crippen LogP contribution in [0.2, 0.25) is 0 Å². The first kappa shape index (κ1) is 13.3. The molecule has 0 atom stereocenters. The summed E-state index contributed by atoms with van der Waals surface area (Å²) in [6.07, 6.45) is -1.72. The van der Waals surface area contributed by atoms with Crippen LogP contribution in [-0.2, 0) is 11.8 Å². The van der Waals surface area contributed by atoms with E-state index in [4.69, 9.17) is 5.73 Å². The molecule has 0 aliphatic heterocycles. The molecule has 100 valence electrons. The Morgan fingerprint density at radius 1 is 1.28 bits per heavy atom. The maximum absolute atomic E-state index is 14.7. The standard InChI is InChI=1S/C12H14F4N2/c13-11(4-1-8(17)2-5-11)10-7-18-6-3-9(10)12(14,15)16/h3,6-8H,1-2,4-5,17H2. The third-order valence-electron chi connectivity index (χ3n) is 3.43. The Balaban J connectivity index is 2.39. The van der Waals surface area contributed by atoms with Gasteiger partial charge in [0.05, 0.1) is 5.56 Å². The van der Waals surface area contributed by atoms with Gasteiger partial charge in [0.2, 0.25) is 0 Å². The van der Waals surface area contributed by atoms with Crippen LogP contribution in [0, 0.1) is 0 Å². The van der Waals surface area contributed by atoms with Crippen molar-refractivity contribution >= 4 is 0 Å². The monoisotopic (exact) mass is 262 g/mol. The summed E-state index contributed by atoms with van der Waals surface area (Å²) >= 11 is 0. The van der Waals surface area contributed by atoms with Crippen molar-refractivity contribution in [1.82, 2.24) is 4.98 Å². The van der Waals surface area contributed by atoms with Gasteiger partial charge in [-0.05, 0) is 31.7 Å². The zero-order valence-electron chi connectivity index (χ0n) is 9.67. The summed E-state index contributed by atoms with van der Waals surface area (Å²) < 4.78 is 53.2. The fourth-order valence-corrected chi connectivity index (χ4v) is 2.37. The molecule has 0 bridgehead atoms. The molecule has 0 saturated heterocycles. The molecule has 2 nitrogen and oxygen atoms in total. The molecule has 0 unspecified atom stereocenters. The normalized spacial score (nSPS) is 29.3. The predicted molar refractivity (Wildman–Crippen MR) is 58.5 cm³/mol. The van der Waals surface area contributed by atoms with Crippen molar-refractivity contribution in [2.75, 3.05) is 0 Å². The zero-order valence-corrected chi connectivity index (χ0v) is 9.67. The maximum atomic E-state index is 14.7. The van der Waals surface area contributed by atoms with Crippen LogP contribution in [0.3, 0.4) is 0 Å². The average Bonchev–Trinajstić information content (AvgIpc) is 2.32. The summed E-state index contributed by atoms with van der Waals surface area (Å²) in [5.41, 5.74) is 2.40. The second kappa shape index (κ2) is 4.50. The van der Waals surface area contributed by atoms with E-state index in [1.807, 2.05) is 0 Å². The van der Waals surface area contributed by atoms with E-state index < -0.39 is 17.4 Å². The highest BCUT2D eigenvalue weighted by atomic mass is 19.4. The number of nitrogens with zero attached hydrogens (tertiary/aromatic N) is 1. The first-order valence-corrected chi connectivity index (χ1v) is 5.79. The Hall–Kier alpha value is -1.17. The van der Waals surface area contributed by atoms with Crippen LogP contribution in [-0.4, -0.2) is 11.0 Å².